The maximum atomic E-state index is 12.0. The minimum absolute atomic E-state index is 0.119. The highest BCUT2D eigenvalue weighted by atomic mass is 19.4. The number of nitrogens with one attached hydrogen (secondary N) is 1. The van der Waals surface area contributed by atoms with Crippen molar-refractivity contribution < 1.29 is 18.0 Å². The van der Waals surface area contributed by atoms with Crippen LogP contribution in [0.25, 0.3) is 0 Å². The zero-order valence-corrected chi connectivity index (χ0v) is 11.4. The Morgan fingerprint density at radius 2 is 2.10 bits per heavy atom. The first-order valence-corrected chi connectivity index (χ1v) is 6.08. The molecule has 1 rings (SSSR count). The number of hydrogen-bond acceptors (Lipinski definition) is 3. The number of benzene rings is 1. The van der Waals surface area contributed by atoms with E-state index in [1.807, 2.05) is 18.3 Å². The number of alkyl halides is 3. The minimum atomic E-state index is -4.40. The normalized spacial score (nSPS) is 13.3. The Hall–Kier alpha value is -1.76. The lowest BCUT2D eigenvalue weighted by molar-refractivity contribution is -0.139. The van der Waals surface area contributed by atoms with Crippen LogP contribution in [0.2, 0.25) is 0 Å². The van der Waals surface area contributed by atoms with Gasteiger partial charge in [-0.25, -0.2) is 0 Å². The van der Waals surface area contributed by atoms with Crippen LogP contribution in [0.3, 0.4) is 0 Å². The average molecular weight is 289 g/mol. The number of halogens is 3. The van der Waals surface area contributed by atoms with Gasteiger partial charge in [-0.2, -0.15) is 13.2 Å². The van der Waals surface area contributed by atoms with Crippen molar-refractivity contribution >= 4 is 11.6 Å². The number of likely N-dealkylation sites (N-methyl/N-ethyl adjacent to an activating group) is 1. The van der Waals surface area contributed by atoms with Crippen LogP contribution in [-0.2, 0) is 4.79 Å². The Bertz CT molecular complexity index is 462. The summed E-state index contributed by atoms with van der Waals surface area (Å²) in [4.78, 5) is 13.1. The highest BCUT2D eigenvalue weighted by Gasteiger charge is 2.28. The van der Waals surface area contributed by atoms with Crippen molar-refractivity contribution in [2.75, 3.05) is 25.9 Å². The molecule has 1 aromatic carbocycles. The van der Waals surface area contributed by atoms with Gasteiger partial charge >= 0.3 is 6.18 Å². The molecule has 1 unspecified atom stereocenters. The van der Waals surface area contributed by atoms with E-state index >= 15 is 0 Å². The van der Waals surface area contributed by atoms with Crippen LogP contribution in [0.5, 0.6) is 0 Å². The summed E-state index contributed by atoms with van der Waals surface area (Å²) in [5.74, 6) is -0.666. The second kappa shape index (κ2) is 6.60. The Labute approximate surface area is 115 Å². The molecule has 1 atom stereocenters. The van der Waals surface area contributed by atoms with E-state index in [9.17, 15) is 18.0 Å². The van der Waals surface area contributed by atoms with Gasteiger partial charge in [0.2, 0.25) is 5.91 Å². The molecule has 1 amide bonds. The molecule has 0 saturated heterocycles. The molecule has 0 fully saturated rings. The highest BCUT2D eigenvalue weighted by molar-refractivity contribution is 5.78. The van der Waals surface area contributed by atoms with Gasteiger partial charge in [-0.15, -0.1) is 0 Å². The molecule has 0 radical (unpaired) electrons. The van der Waals surface area contributed by atoms with Crippen LogP contribution in [0.1, 0.15) is 18.5 Å². The molecular weight excluding hydrogens is 271 g/mol. The van der Waals surface area contributed by atoms with Crippen LogP contribution in [0.15, 0.2) is 24.3 Å². The number of amides is 1. The van der Waals surface area contributed by atoms with Crippen molar-refractivity contribution in [1.29, 1.82) is 0 Å². The van der Waals surface area contributed by atoms with E-state index < -0.39 is 18.6 Å². The van der Waals surface area contributed by atoms with Gasteiger partial charge in [-0.1, -0.05) is 12.1 Å². The summed E-state index contributed by atoms with van der Waals surface area (Å²) in [7, 11) is 1.67. The fraction of sp³-hybridized carbons (Fsp3) is 0.462. The van der Waals surface area contributed by atoms with Crippen molar-refractivity contribution in [1.82, 2.24) is 10.2 Å². The molecule has 4 nitrogen and oxygen atoms in total. The fourth-order valence-electron chi connectivity index (χ4n) is 1.69. The van der Waals surface area contributed by atoms with Gasteiger partial charge in [0.05, 0.1) is 6.54 Å². The van der Waals surface area contributed by atoms with Gasteiger partial charge in [0.25, 0.3) is 0 Å². The van der Waals surface area contributed by atoms with Gasteiger partial charge in [-0.05, 0) is 31.7 Å². The summed E-state index contributed by atoms with van der Waals surface area (Å²) < 4.78 is 35.9. The van der Waals surface area contributed by atoms with Crippen LogP contribution < -0.4 is 11.1 Å². The van der Waals surface area contributed by atoms with Crippen LogP contribution in [-0.4, -0.2) is 37.1 Å². The molecule has 0 aromatic heterocycles. The summed E-state index contributed by atoms with van der Waals surface area (Å²) in [6, 6.07) is 7.03. The van der Waals surface area contributed by atoms with Gasteiger partial charge in [0.15, 0.2) is 0 Å². The molecule has 3 N–H and O–H groups in total. The molecule has 0 saturated carbocycles. The summed E-state index contributed by atoms with van der Waals surface area (Å²) in [6.45, 7) is 0.421. The third-order valence-corrected chi connectivity index (χ3v) is 2.93. The first-order chi connectivity index (χ1) is 9.19. The summed E-state index contributed by atoms with van der Waals surface area (Å²) >= 11 is 0. The standard InChI is InChI=1S/C13H18F3N3O/c1-9(10-4-3-5-11(17)6-10)19(2)7-12(20)18-8-13(14,15)16/h3-6,9H,7-8,17H2,1-2H3,(H,18,20). The molecule has 0 spiro atoms. The second-order valence-corrected chi connectivity index (χ2v) is 4.65. The third kappa shape index (κ3) is 5.48. The predicted molar refractivity (Wildman–Crippen MR) is 71.0 cm³/mol. The highest BCUT2D eigenvalue weighted by Crippen LogP contribution is 2.20. The average Bonchev–Trinajstić information content (AvgIpc) is 2.34. The lowest BCUT2D eigenvalue weighted by atomic mass is 10.1. The van der Waals surface area contributed by atoms with Crippen LogP contribution in [0.4, 0.5) is 18.9 Å². The second-order valence-electron chi connectivity index (χ2n) is 4.65. The SMILES string of the molecule is CC(c1cccc(N)c1)N(C)CC(=O)NCC(F)(F)F. The molecule has 112 valence electrons. The van der Waals surface area contributed by atoms with Crippen LogP contribution in [0, 0.1) is 0 Å². The molecule has 20 heavy (non-hydrogen) atoms. The third-order valence-electron chi connectivity index (χ3n) is 2.93. The monoisotopic (exact) mass is 289 g/mol. The van der Waals surface area contributed by atoms with E-state index in [-0.39, 0.29) is 12.6 Å². The van der Waals surface area contributed by atoms with Crippen molar-refractivity contribution in [3.63, 3.8) is 0 Å². The fourth-order valence-corrected chi connectivity index (χ4v) is 1.69. The smallest absolute Gasteiger partial charge is 0.399 e. The van der Waals surface area contributed by atoms with Crippen molar-refractivity contribution in [3.05, 3.63) is 29.8 Å². The molecular formula is C13H18F3N3O. The van der Waals surface area contributed by atoms with Gasteiger partial charge in [-0.3, -0.25) is 9.69 Å². The van der Waals surface area contributed by atoms with Gasteiger partial charge in [0.1, 0.15) is 6.54 Å². The molecule has 0 heterocycles. The summed E-state index contributed by atoms with van der Waals surface area (Å²) in [5.41, 5.74) is 7.17. The Balaban J connectivity index is 2.53. The molecule has 0 aliphatic carbocycles. The number of carbonyl (C=O) groups excluding carboxylic acids is 1. The number of rotatable bonds is 5. The number of carbonyl (C=O) groups is 1. The Morgan fingerprint density at radius 1 is 1.45 bits per heavy atom. The number of nitrogens with zero attached hydrogens (tertiary/aromatic N) is 1. The van der Waals surface area contributed by atoms with E-state index in [2.05, 4.69) is 0 Å². The first kappa shape index (κ1) is 16.3. The maximum absolute atomic E-state index is 12.0. The molecule has 0 bridgehead atoms. The van der Waals surface area contributed by atoms with E-state index in [1.165, 1.54) is 0 Å². The molecule has 7 heteroatoms. The van der Waals surface area contributed by atoms with Crippen molar-refractivity contribution in [3.8, 4) is 0 Å². The molecule has 1 aromatic rings. The maximum Gasteiger partial charge on any atom is 0.405 e. The van der Waals surface area contributed by atoms with Gasteiger partial charge < -0.3 is 11.1 Å². The Kier molecular flexibility index (Phi) is 5.38. The number of hydrogen-bond donors (Lipinski definition) is 2. The topological polar surface area (TPSA) is 58.4 Å². The zero-order chi connectivity index (χ0) is 15.3. The van der Waals surface area contributed by atoms with E-state index in [0.717, 1.165) is 5.56 Å². The largest absolute Gasteiger partial charge is 0.405 e. The molecule has 0 aliphatic rings. The zero-order valence-electron chi connectivity index (χ0n) is 11.4. The predicted octanol–water partition coefficient (Wildman–Crippen LogP) is 1.94. The molecule has 0 aliphatic heterocycles. The number of anilines is 1. The number of nitrogen functional groups attached to an aromatic ring is 1. The van der Waals surface area contributed by atoms with E-state index in [4.69, 9.17) is 5.73 Å². The lowest BCUT2D eigenvalue weighted by Crippen LogP contribution is -2.40. The summed E-state index contributed by atoms with van der Waals surface area (Å²) in [5, 5.41) is 1.84. The van der Waals surface area contributed by atoms with E-state index in [1.54, 1.807) is 30.1 Å². The Morgan fingerprint density at radius 3 is 2.65 bits per heavy atom. The lowest BCUT2D eigenvalue weighted by Gasteiger charge is -2.24. The summed E-state index contributed by atoms with van der Waals surface area (Å²) in [6.07, 6.45) is -4.40. The first-order valence-electron chi connectivity index (χ1n) is 6.08. The van der Waals surface area contributed by atoms with E-state index in [0.29, 0.717) is 5.69 Å². The quantitative estimate of drug-likeness (QED) is 0.814. The van der Waals surface area contributed by atoms with Crippen molar-refractivity contribution in [2.24, 2.45) is 0 Å². The minimum Gasteiger partial charge on any atom is -0.399 e. The van der Waals surface area contributed by atoms with Gasteiger partial charge in [0, 0.05) is 11.7 Å². The van der Waals surface area contributed by atoms with Crippen LogP contribution >= 0.6 is 0 Å². The van der Waals surface area contributed by atoms with Crippen molar-refractivity contribution in [2.45, 2.75) is 19.1 Å². The number of nitrogens with two attached hydrogens (primary N) is 1.